The Bertz CT molecular complexity index is 1040. The first-order valence-electron chi connectivity index (χ1n) is 7.61. The predicted molar refractivity (Wildman–Crippen MR) is 95.5 cm³/mol. The Morgan fingerprint density at radius 2 is 1.92 bits per heavy atom. The number of carbonyl (C=O) groups excluding carboxylic acids is 2. The van der Waals surface area contributed by atoms with Gasteiger partial charge in [0.2, 0.25) is 5.43 Å². The van der Waals surface area contributed by atoms with Crippen molar-refractivity contribution in [1.29, 1.82) is 0 Å². The van der Waals surface area contributed by atoms with Crippen molar-refractivity contribution in [3.8, 4) is 5.75 Å². The molecule has 6 nitrogen and oxygen atoms in total. The number of ether oxygens (including phenoxy) is 1. The Kier molecular flexibility index (Phi) is 4.35. The third-order valence-electron chi connectivity index (χ3n) is 3.86. The van der Waals surface area contributed by atoms with Crippen molar-refractivity contribution in [1.82, 2.24) is 4.98 Å². The molecule has 0 aliphatic rings. The lowest BCUT2D eigenvalue weighted by atomic mass is 10.1. The van der Waals surface area contributed by atoms with Gasteiger partial charge in [0.05, 0.1) is 7.11 Å². The number of rotatable bonds is 4. The van der Waals surface area contributed by atoms with Crippen molar-refractivity contribution in [2.24, 2.45) is 0 Å². The fourth-order valence-electron chi connectivity index (χ4n) is 2.51. The third-order valence-corrected chi connectivity index (χ3v) is 3.86. The number of carbonyl (C=O) groups is 2. The lowest BCUT2D eigenvalue weighted by Gasteiger charge is -2.08. The molecule has 25 heavy (non-hydrogen) atoms. The highest BCUT2D eigenvalue weighted by Gasteiger charge is 2.14. The predicted octanol–water partition coefficient (Wildman–Crippen LogP) is 2.99. The number of hydrogen-bond donors (Lipinski definition) is 2. The maximum atomic E-state index is 12.6. The van der Waals surface area contributed by atoms with E-state index in [1.165, 1.54) is 20.2 Å². The molecule has 126 valence electrons. The first-order chi connectivity index (χ1) is 12.0. The minimum absolute atomic E-state index is 0.0195. The van der Waals surface area contributed by atoms with Crippen molar-refractivity contribution in [2.75, 3.05) is 12.4 Å². The number of aromatic nitrogens is 1. The van der Waals surface area contributed by atoms with Gasteiger partial charge in [-0.3, -0.25) is 14.4 Å². The molecule has 6 heteroatoms. The van der Waals surface area contributed by atoms with E-state index in [0.717, 1.165) is 0 Å². The number of Topliss-reactive ketones (excluding diaryl/α,β-unsaturated/α-hetero) is 1. The Morgan fingerprint density at radius 1 is 1.12 bits per heavy atom. The average Bonchev–Trinajstić information content (AvgIpc) is 2.62. The summed E-state index contributed by atoms with van der Waals surface area (Å²) in [6.45, 7) is 1.45. The van der Waals surface area contributed by atoms with Crippen LogP contribution in [-0.4, -0.2) is 23.8 Å². The van der Waals surface area contributed by atoms with Gasteiger partial charge in [0.25, 0.3) is 5.91 Å². The van der Waals surface area contributed by atoms with Crippen LogP contribution in [0.2, 0.25) is 0 Å². The second-order valence-corrected chi connectivity index (χ2v) is 5.53. The summed E-state index contributed by atoms with van der Waals surface area (Å²) in [6, 6.07) is 11.6. The van der Waals surface area contributed by atoms with E-state index in [-0.39, 0.29) is 11.3 Å². The number of H-pyrrole nitrogens is 1. The molecule has 0 bridgehead atoms. The highest BCUT2D eigenvalue weighted by Crippen LogP contribution is 2.17. The largest absolute Gasteiger partial charge is 0.497 e. The van der Waals surface area contributed by atoms with Gasteiger partial charge in [-0.15, -0.1) is 0 Å². The maximum Gasteiger partial charge on any atom is 0.261 e. The Labute approximate surface area is 143 Å². The molecular weight excluding hydrogens is 320 g/mol. The molecule has 2 aromatic carbocycles. The minimum atomic E-state index is -0.549. The zero-order chi connectivity index (χ0) is 18.0. The van der Waals surface area contributed by atoms with Crippen LogP contribution in [0.1, 0.15) is 27.6 Å². The van der Waals surface area contributed by atoms with Crippen LogP contribution in [0, 0.1) is 0 Å². The third kappa shape index (κ3) is 3.28. The summed E-state index contributed by atoms with van der Waals surface area (Å²) in [5.41, 5.74) is 1.13. The SMILES string of the molecule is COc1ccc2[nH]cc(C(=O)Nc3cccc(C(C)=O)c3)c(=O)c2c1. The molecule has 0 fully saturated rings. The van der Waals surface area contributed by atoms with Gasteiger partial charge in [-0.25, -0.2) is 0 Å². The van der Waals surface area contributed by atoms with Crippen LogP contribution in [0.15, 0.2) is 53.5 Å². The first-order valence-corrected chi connectivity index (χ1v) is 7.61. The first kappa shape index (κ1) is 16.4. The smallest absolute Gasteiger partial charge is 0.261 e. The van der Waals surface area contributed by atoms with Crippen LogP contribution in [-0.2, 0) is 0 Å². The van der Waals surface area contributed by atoms with E-state index in [4.69, 9.17) is 4.74 Å². The number of benzene rings is 2. The number of ketones is 1. The Balaban J connectivity index is 1.97. The number of nitrogens with one attached hydrogen (secondary N) is 2. The number of aromatic amines is 1. The zero-order valence-electron chi connectivity index (χ0n) is 13.8. The average molecular weight is 336 g/mol. The number of anilines is 1. The van der Waals surface area contributed by atoms with E-state index >= 15 is 0 Å². The van der Waals surface area contributed by atoms with Gasteiger partial charge in [0.15, 0.2) is 5.78 Å². The molecular formula is C19H16N2O4. The van der Waals surface area contributed by atoms with E-state index in [2.05, 4.69) is 10.3 Å². The van der Waals surface area contributed by atoms with Crippen molar-refractivity contribution in [2.45, 2.75) is 6.92 Å². The Hall–Kier alpha value is -3.41. The van der Waals surface area contributed by atoms with Crippen LogP contribution >= 0.6 is 0 Å². The molecule has 2 N–H and O–H groups in total. The fraction of sp³-hybridized carbons (Fsp3) is 0.105. The highest BCUT2D eigenvalue weighted by atomic mass is 16.5. The standard InChI is InChI=1S/C19H16N2O4/c1-11(22)12-4-3-5-13(8-12)21-19(24)16-10-20-17-7-6-14(25-2)9-15(17)18(16)23/h3-10H,1-2H3,(H,20,23)(H,21,24). The van der Waals surface area contributed by atoms with Gasteiger partial charge in [0.1, 0.15) is 11.3 Å². The van der Waals surface area contributed by atoms with Crippen LogP contribution < -0.4 is 15.5 Å². The summed E-state index contributed by atoms with van der Waals surface area (Å²) in [6.07, 6.45) is 1.38. The van der Waals surface area contributed by atoms with Crippen molar-refractivity contribution in [3.63, 3.8) is 0 Å². The van der Waals surface area contributed by atoms with Gasteiger partial charge in [-0.2, -0.15) is 0 Å². The monoisotopic (exact) mass is 336 g/mol. The summed E-state index contributed by atoms with van der Waals surface area (Å²) in [7, 11) is 1.51. The molecule has 1 amide bonds. The molecule has 1 aromatic heterocycles. The zero-order valence-corrected chi connectivity index (χ0v) is 13.8. The van der Waals surface area contributed by atoms with Gasteiger partial charge < -0.3 is 15.0 Å². The molecule has 0 spiro atoms. The molecule has 0 atom stereocenters. The molecule has 0 unspecified atom stereocenters. The summed E-state index contributed by atoms with van der Waals surface area (Å²) in [5, 5.41) is 3.01. The van der Waals surface area contributed by atoms with Crippen LogP contribution in [0.4, 0.5) is 5.69 Å². The van der Waals surface area contributed by atoms with E-state index in [9.17, 15) is 14.4 Å². The number of amides is 1. The number of fused-ring (bicyclic) bond motifs is 1. The van der Waals surface area contributed by atoms with E-state index in [1.54, 1.807) is 42.5 Å². The fourth-order valence-corrected chi connectivity index (χ4v) is 2.51. The van der Waals surface area contributed by atoms with Gasteiger partial charge in [0, 0.05) is 28.4 Å². The number of hydrogen-bond acceptors (Lipinski definition) is 4. The second kappa shape index (κ2) is 6.60. The molecule has 3 aromatic rings. The molecule has 0 aliphatic heterocycles. The topological polar surface area (TPSA) is 88.3 Å². The number of methoxy groups -OCH3 is 1. The van der Waals surface area contributed by atoms with Gasteiger partial charge in [-0.1, -0.05) is 12.1 Å². The molecule has 0 saturated carbocycles. The lowest BCUT2D eigenvalue weighted by molar-refractivity contribution is 0.101. The number of pyridine rings is 1. The maximum absolute atomic E-state index is 12.6. The highest BCUT2D eigenvalue weighted by molar-refractivity contribution is 6.06. The normalized spacial score (nSPS) is 10.5. The van der Waals surface area contributed by atoms with E-state index in [0.29, 0.717) is 27.9 Å². The van der Waals surface area contributed by atoms with E-state index < -0.39 is 11.3 Å². The lowest BCUT2D eigenvalue weighted by Crippen LogP contribution is -2.22. The van der Waals surface area contributed by atoms with Crippen LogP contribution in [0.25, 0.3) is 10.9 Å². The van der Waals surface area contributed by atoms with Crippen molar-refractivity contribution in [3.05, 3.63) is 70.0 Å². The summed E-state index contributed by atoms with van der Waals surface area (Å²) in [4.78, 5) is 39.5. The van der Waals surface area contributed by atoms with Crippen molar-refractivity contribution >= 4 is 28.3 Å². The molecule has 1 heterocycles. The molecule has 0 saturated heterocycles. The Morgan fingerprint density at radius 3 is 2.64 bits per heavy atom. The van der Waals surface area contributed by atoms with Crippen molar-refractivity contribution < 1.29 is 14.3 Å². The molecule has 0 radical (unpaired) electrons. The summed E-state index contributed by atoms with van der Waals surface area (Å²) in [5.74, 6) is -0.122. The minimum Gasteiger partial charge on any atom is -0.497 e. The van der Waals surface area contributed by atoms with Crippen LogP contribution in [0.5, 0.6) is 5.75 Å². The summed E-state index contributed by atoms with van der Waals surface area (Å²) >= 11 is 0. The molecule has 3 rings (SSSR count). The summed E-state index contributed by atoms with van der Waals surface area (Å²) < 4.78 is 5.12. The van der Waals surface area contributed by atoms with Gasteiger partial charge in [-0.05, 0) is 37.3 Å². The van der Waals surface area contributed by atoms with E-state index in [1.807, 2.05) is 0 Å². The quantitative estimate of drug-likeness (QED) is 0.717. The van der Waals surface area contributed by atoms with Crippen LogP contribution in [0.3, 0.4) is 0 Å². The second-order valence-electron chi connectivity index (χ2n) is 5.53. The molecule has 0 aliphatic carbocycles. The van der Waals surface area contributed by atoms with Gasteiger partial charge >= 0.3 is 0 Å².